The maximum Gasteiger partial charge on any atom is 0.331 e. The van der Waals surface area contributed by atoms with E-state index in [0.717, 1.165) is 0 Å². The van der Waals surface area contributed by atoms with Crippen molar-refractivity contribution in [2.24, 2.45) is 0 Å². The number of hydrogen-bond donors (Lipinski definition) is 3. The second-order valence-corrected chi connectivity index (χ2v) is 8.00. The van der Waals surface area contributed by atoms with Gasteiger partial charge in [0.15, 0.2) is 11.2 Å². The fraction of sp³-hybridized carbons (Fsp3) is 0.190. The van der Waals surface area contributed by atoms with Gasteiger partial charge >= 0.3 is 5.97 Å². The number of hydrogen-bond acceptors (Lipinski definition) is 6. The molecule has 10 nitrogen and oxygen atoms in total. The maximum absolute atomic E-state index is 13.1. The van der Waals surface area contributed by atoms with Gasteiger partial charge in [0.1, 0.15) is 11.3 Å². The minimum absolute atomic E-state index is 0.232. The molecule has 32 heavy (non-hydrogen) atoms. The Hall–Kier alpha value is -3.76. The SMILES string of the molecule is CC(C)(C(=O)O)n1cc(NC(=O)c2cnn3cccnc23)c(-c2cc(Cl)ccc2CO)n1. The van der Waals surface area contributed by atoms with E-state index in [1.165, 1.54) is 35.4 Å². The molecule has 0 aliphatic heterocycles. The highest BCUT2D eigenvalue weighted by Gasteiger charge is 2.32. The second-order valence-electron chi connectivity index (χ2n) is 7.56. The Kier molecular flexibility index (Phi) is 5.41. The lowest BCUT2D eigenvalue weighted by Crippen LogP contribution is -2.36. The summed E-state index contributed by atoms with van der Waals surface area (Å²) in [5, 5.41) is 31.1. The van der Waals surface area contributed by atoms with Crippen molar-refractivity contribution in [3.63, 3.8) is 0 Å². The quantitative estimate of drug-likeness (QED) is 0.407. The van der Waals surface area contributed by atoms with Crippen LogP contribution in [0.1, 0.15) is 29.8 Å². The van der Waals surface area contributed by atoms with Gasteiger partial charge in [0.2, 0.25) is 0 Å². The van der Waals surface area contributed by atoms with Crippen LogP contribution in [-0.4, -0.2) is 46.5 Å². The Bertz CT molecular complexity index is 1340. The summed E-state index contributed by atoms with van der Waals surface area (Å²) in [4.78, 5) is 29.0. The van der Waals surface area contributed by atoms with Crippen LogP contribution in [0.3, 0.4) is 0 Å². The smallest absolute Gasteiger partial charge is 0.331 e. The monoisotopic (exact) mass is 454 g/mol. The molecule has 3 N–H and O–H groups in total. The maximum atomic E-state index is 13.1. The lowest BCUT2D eigenvalue weighted by Gasteiger charge is -2.19. The first kappa shape index (κ1) is 21.5. The van der Waals surface area contributed by atoms with Crippen LogP contribution < -0.4 is 5.32 Å². The number of aliphatic carboxylic acids is 1. The number of nitrogens with one attached hydrogen (secondary N) is 1. The fourth-order valence-corrected chi connectivity index (χ4v) is 3.30. The van der Waals surface area contributed by atoms with E-state index in [2.05, 4.69) is 20.5 Å². The normalized spacial score (nSPS) is 11.6. The van der Waals surface area contributed by atoms with Crippen LogP contribution in [0.5, 0.6) is 0 Å². The van der Waals surface area contributed by atoms with Crippen LogP contribution in [-0.2, 0) is 16.9 Å². The zero-order valence-corrected chi connectivity index (χ0v) is 17.9. The fourth-order valence-electron chi connectivity index (χ4n) is 3.13. The number of rotatable bonds is 6. The molecule has 1 amide bonds. The molecule has 0 radical (unpaired) electrons. The number of aliphatic hydroxyl groups excluding tert-OH is 1. The molecule has 0 atom stereocenters. The van der Waals surface area contributed by atoms with Crippen molar-refractivity contribution < 1.29 is 19.8 Å². The number of carbonyl (C=O) groups excluding carboxylic acids is 1. The molecule has 164 valence electrons. The van der Waals surface area contributed by atoms with Crippen molar-refractivity contribution in [1.82, 2.24) is 24.4 Å². The Morgan fingerprint density at radius 1 is 1.28 bits per heavy atom. The van der Waals surface area contributed by atoms with Crippen LogP contribution in [0, 0.1) is 0 Å². The van der Waals surface area contributed by atoms with Gasteiger partial charge in [-0.1, -0.05) is 17.7 Å². The molecule has 0 saturated heterocycles. The zero-order chi connectivity index (χ0) is 23.0. The summed E-state index contributed by atoms with van der Waals surface area (Å²) < 4.78 is 2.71. The Balaban J connectivity index is 1.83. The van der Waals surface area contributed by atoms with Gasteiger partial charge in [-0.2, -0.15) is 10.2 Å². The van der Waals surface area contributed by atoms with E-state index < -0.39 is 17.4 Å². The molecule has 11 heteroatoms. The van der Waals surface area contributed by atoms with Crippen molar-refractivity contribution >= 4 is 34.8 Å². The number of carbonyl (C=O) groups is 2. The molecule has 3 aromatic heterocycles. The van der Waals surface area contributed by atoms with Crippen LogP contribution >= 0.6 is 11.6 Å². The molecule has 3 heterocycles. The molecule has 0 unspecified atom stereocenters. The van der Waals surface area contributed by atoms with Gasteiger partial charge in [0.25, 0.3) is 5.91 Å². The number of aromatic nitrogens is 5. The summed E-state index contributed by atoms with van der Waals surface area (Å²) in [7, 11) is 0. The largest absolute Gasteiger partial charge is 0.479 e. The van der Waals surface area contributed by atoms with Gasteiger partial charge in [-0.25, -0.2) is 14.3 Å². The molecule has 0 aliphatic carbocycles. The predicted molar refractivity (Wildman–Crippen MR) is 116 cm³/mol. The summed E-state index contributed by atoms with van der Waals surface area (Å²) >= 11 is 6.16. The Morgan fingerprint density at radius 2 is 2.06 bits per heavy atom. The first-order valence-electron chi connectivity index (χ1n) is 9.55. The van der Waals surface area contributed by atoms with Crippen molar-refractivity contribution in [3.05, 3.63) is 65.2 Å². The zero-order valence-electron chi connectivity index (χ0n) is 17.2. The number of aliphatic hydroxyl groups is 1. The van der Waals surface area contributed by atoms with Gasteiger partial charge in [0, 0.05) is 23.0 Å². The van der Waals surface area contributed by atoms with Gasteiger partial charge in [0.05, 0.1) is 24.7 Å². The van der Waals surface area contributed by atoms with Crippen molar-refractivity contribution in [2.75, 3.05) is 5.32 Å². The van der Waals surface area contributed by atoms with Gasteiger partial charge in [-0.3, -0.25) is 9.48 Å². The molecular weight excluding hydrogens is 436 g/mol. The van der Waals surface area contributed by atoms with E-state index in [9.17, 15) is 19.8 Å². The van der Waals surface area contributed by atoms with E-state index in [1.54, 1.807) is 36.7 Å². The average Bonchev–Trinajstić information content (AvgIpc) is 3.38. The number of carboxylic acids is 1. The third-order valence-corrected chi connectivity index (χ3v) is 5.31. The molecule has 0 fully saturated rings. The number of carboxylic acid groups (broad SMARTS) is 1. The minimum atomic E-state index is -1.40. The van der Waals surface area contributed by atoms with Gasteiger partial charge in [-0.15, -0.1) is 0 Å². The van der Waals surface area contributed by atoms with Gasteiger partial charge in [-0.05, 0) is 37.6 Å². The van der Waals surface area contributed by atoms with E-state index >= 15 is 0 Å². The molecule has 4 aromatic rings. The summed E-state index contributed by atoms with van der Waals surface area (Å²) in [6.45, 7) is 2.67. The number of nitrogens with zero attached hydrogens (tertiary/aromatic N) is 5. The number of fused-ring (bicyclic) bond motifs is 1. The first-order chi connectivity index (χ1) is 15.2. The van der Waals surface area contributed by atoms with E-state index in [0.29, 0.717) is 21.8 Å². The molecule has 0 spiro atoms. The Labute approximate surface area is 187 Å². The second kappa shape index (κ2) is 8.06. The minimum Gasteiger partial charge on any atom is -0.479 e. The van der Waals surface area contributed by atoms with E-state index in [1.807, 2.05) is 0 Å². The van der Waals surface area contributed by atoms with Crippen LogP contribution in [0.2, 0.25) is 5.02 Å². The van der Waals surface area contributed by atoms with E-state index in [4.69, 9.17) is 11.6 Å². The third-order valence-electron chi connectivity index (χ3n) is 5.08. The lowest BCUT2D eigenvalue weighted by atomic mass is 10.0. The van der Waals surface area contributed by atoms with Crippen LogP contribution in [0.15, 0.2) is 49.1 Å². The topological polar surface area (TPSA) is 135 Å². The molecule has 0 aliphatic rings. The van der Waals surface area contributed by atoms with Crippen molar-refractivity contribution in [3.8, 4) is 11.3 Å². The van der Waals surface area contributed by atoms with Crippen molar-refractivity contribution in [2.45, 2.75) is 26.0 Å². The molecule has 1 aromatic carbocycles. The number of halogens is 1. The molecule has 4 rings (SSSR count). The average molecular weight is 455 g/mol. The van der Waals surface area contributed by atoms with Crippen LogP contribution in [0.25, 0.3) is 16.9 Å². The predicted octanol–water partition coefficient (Wildman–Crippen LogP) is 2.81. The molecule has 0 bridgehead atoms. The summed E-state index contributed by atoms with van der Waals surface area (Å²) in [5.41, 5.74) is 0.690. The lowest BCUT2D eigenvalue weighted by molar-refractivity contribution is -0.146. The van der Waals surface area contributed by atoms with E-state index in [-0.39, 0.29) is 23.6 Å². The molecule has 0 saturated carbocycles. The molecular formula is C21H19ClN6O4. The first-order valence-corrected chi connectivity index (χ1v) is 9.93. The summed E-state index contributed by atoms with van der Waals surface area (Å²) in [6, 6.07) is 6.55. The third kappa shape index (κ3) is 3.70. The van der Waals surface area contributed by atoms with Crippen LogP contribution in [0.4, 0.5) is 5.69 Å². The Morgan fingerprint density at radius 3 is 2.78 bits per heavy atom. The number of benzene rings is 1. The number of anilines is 1. The standard InChI is InChI=1S/C21H19ClN6O4/c1-21(2,20(31)32)28-10-16(17(26-28)14-8-13(22)5-4-12(14)11-29)25-19(30)15-9-24-27-7-3-6-23-18(15)27/h3-10,29H,11H2,1-2H3,(H,25,30)(H,31,32). The summed E-state index contributed by atoms with van der Waals surface area (Å²) in [5.74, 6) is -1.61. The van der Waals surface area contributed by atoms with Gasteiger partial charge < -0.3 is 15.5 Å². The number of amides is 1. The highest BCUT2D eigenvalue weighted by molar-refractivity contribution is 6.31. The summed E-state index contributed by atoms with van der Waals surface area (Å²) in [6.07, 6.45) is 6.04. The highest BCUT2D eigenvalue weighted by atomic mass is 35.5. The highest BCUT2D eigenvalue weighted by Crippen LogP contribution is 2.34. The van der Waals surface area contributed by atoms with Crippen molar-refractivity contribution in [1.29, 1.82) is 0 Å².